The number of fused-ring (bicyclic) bond motifs is 4. The Morgan fingerprint density at radius 2 is 1.87 bits per heavy atom. The predicted octanol–water partition coefficient (Wildman–Crippen LogP) is 4.89. The predicted molar refractivity (Wildman–Crippen MR) is 126 cm³/mol. The molecule has 0 unspecified atom stereocenters. The van der Waals surface area contributed by atoms with Crippen LogP contribution in [0.3, 0.4) is 0 Å². The summed E-state index contributed by atoms with van der Waals surface area (Å²) >= 11 is 1.47. The maximum Gasteiger partial charge on any atom is 0.261 e. The van der Waals surface area contributed by atoms with Crippen LogP contribution in [0.4, 0.5) is 5.13 Å². The fraction of sp³-hybridized carbons (Fsp3) is 0.167. The summed E-state index contributed by atoms with van der Waals surface area (Å²) in [5, 5.41) is 6.31. The number of thiazole rings is 1. The van der Waals surface area contributed by atoms with Crippen LogP contribution in [0.1, 0.15) is 18.4 Å². The van der Waals surface area contributed by atoms with Gasteiger partial charge in [-0.2, -0.15) is 0 Å². The smallest absolute Gasteiger partial charge is 0.261 e. The largest absolute Gasteiger partial charge is 0.302 e. The van der Waals surface area contributed by atoms with Gasteiger partial charge in [0.05, 0.1) is 27.4 Å². The quantitative estimate of drug-likeness (QED) is 0.433. The van der Waals surface area contributed by atoms with Gasteiger partial charge in [-0.1, -0.05) is 53.8 Å². The summed E-state index contributed by atoms with van der Waals surface area (Å²) < 4.78 is 2.61. The normalized spacial score (nSPS) is 11.4. The van der Waals surface area contributed by atoms with Crippen LogP contribution in [0.5, 0.6) is 0 Å². The van der Waals surface area contributed by atoms with E-state index in [1.807, 2.05) is 43.3 Å². The van der Waals surface area contributed by atoms with E-state index < -0.39 is 0 Å². The molecule has 5 rings (SSSR count). The van der Waals surface area contributed by atoms with E-state index in [2.05, 4.69) is 27.4 Å². The summed E-state index contributed by atoms with van der Waals surface area (Å²) in [5.74, 6) is -0.110. The van der Waals surface area contributed by atoms with Gasteiger partial charge in [0.1, 0.15) is 0 Å². The van der Waals surface area contributed by atoms with Crippen LogP contribution in [0.15, 0.2) is 65.7 Å². The lowest BCUT2D eigenvalue weighted by Gasteiger charge is -2.07. The summed E-state index contributed by atoms with van der Waals surface area (Å²) in [4.78, 5) is 34.1. The first-order chi connectivity index (χ1) is 15.1. The number of nitrogens with one attached hydrogen (secondary N) is 1. The molecular formula is C24H20N4O2S. The van der Waals surface area contributed by atoms with E-state index in [1.54, 1.807) is 17.0 Å². The van der Waals surface area contributed by atoms with E-state index in [0.717, 1.165) is 32.1 Å². The number of carbonyl (C=O) groups excluding carboxylic acids is 1. The zero-order valence-electron chi connectivity index (χ0n) is 17.0. The third kappa shape index (κ3) is 3.68. The first-order valence-corrected chi connectivity index (χ1v) is 10.9. The molecule has 1 N–H and O–H groups in total. The molecule has 0 bridgehead atoms. The van der Waals surface area contributed by atoms with E-state index in [4.69, 9.17) is 0 Å². The standard InChI is InChI=1S/C24H20N4O2S/c1-15-6-4-9-18-21(15)25-14-28(23(18)30)13-5-10-20(29)26-24-27-22-17-8-3-2-7-16(17)11-12-19(22)31-24/h2-4,6-9,11-12,14H,5,10,13H2,1H3,(H,26,27,29). The first-order valence-electron chi connectivity index (χ1n) is 10.1. The van der Waals surface area contributed by atoms with Crippen LogP contribution in [0, 0.1) is 6.92 Å². The molecular weight excluding hydrogens is 408 g/mol. The molecule has 3 aromatic carbocycles. The number of benzene rings is 3. The molecule has 0 saturated carbocycles. The minimum Gasteiger partial charge on any atom is -0.302 e. The lowest BCUT2D eigenvalue weighted by atomic mass is 10.1. The Hall–Kier alpha value is -3.58. The number of nitrogens with zero attached hydrogens (tertiary/aromatic N) is 3. The van der Waals surface area contributed by atoms with Gasteiger partial charge < -0.3 is 5.32 Å². The molecule has 0 atom stereocenters. The fourth-order valence-corrected chi connectivity index (χ4v) is 4.70. The lowest BCUT2D eigenvalue weighted by Crippen LogP contribution is -2.22. The van der Waals surface area contributed by atoms with Gasteiger partial charge in [-0.3, -0.25) is 14.2 Å². The van der Waals surface area contributed by atoms with Crippen molar-refractivity contribution in [2.24, 2.45) is 0 Å². The molecule has 5 aromatic rings. The van der Waals surface area contributed by atoms with Gasteiger partial charge in [0.2, 0.25) is 5.91 Å². The maximum absolute atomic E-state index is 12.7. The van der Waals surface area contributed by atoms with Crippen LogP contribution in [0.2, 0.25) is 0 Å². The Balaban J connectivity index is 1.26. The second kappa shape index (κ2) is 7.92. The van der Waals surface area contributed by atoms with Gasteiger partial charge >= 0.3 is 0 Å². The zero-order chi connectivity index (χ0) is 21.4. The highest BCUT2D eigenvalue weighted by Crippen LogP contribution is 2.31. The minimum absolute atomic E-state index is 0.0767. The third-order valence-corrected chi connectivity index (χ3v) is 6.32. The Morgan fingerprint density at radius 3 is 2.77 bits per heavy atom. The van der Waals surface area contributed by atoms with Gasteiger partial charge in [0.25, 0.3) is 5.56 Å². The molecule has 2 heterocycles. The number of amides is 1. The van der Waals surface area contributed by atoms with Crippen molar-refractivity contribution >= 4 is 54.3 Å². The lowest BCUT2D eigenvalue weighted by molar-refractivity contribution is -0.116. The summed E-state index contributed by atoms with van der Waals surface area (Å²) in [6, 6.07) is 17.8. The number of aryl methyl sites for hydroxylation is 2. The van der Waals surface area contributed by atoms with Crippen LogP contribution in [0.25, 0.3) is 31.9 Å². The van der Waals surface area contributed by atoms with Crippen molar-refractivity contribution in [1.82, 2.24) is 14.5 Å². The molecule has 0 saturated heterocycles. The molecule has 2 aromatic heterocycles. The van der Waals surface area contributed by atoms with Crippen molar-refractivity contribution in [2.75, 3.05) is 5.32 Å². The Kier molecular flexibility index (Phi) is 4.95. The molecule has 31 heavy (non-hydrogen) atoms. The fourth-order valence-electron chi connectivity index (χ4n) is 3.80. The summed E-state index contributed by atoms with van der Waals surface area (Å²) in [7, 11) is 0. The van der Waals surface area contributed by atoms with Crippen LogP contribution in [-0.2, 0) is 11.3 Å². The van der Waals surface area contributed by atoms with Gasteiger partial charge in [0, 0.05) is 18.4 Å². The van der Waals surface area contributed by atoms with Crippen molar-refractivity contribution in [3.05, 3.63) is 76.8 Å². The van der Waals surface area contributed by atoms with E-state index in [-0.39, 0.29) is 11.5 Å². The van der Waals surface area contributed by atoms with Gasteiger partial charge in [-0.05, 0) is 36.4 Å². The molecule has 0 aliphatic heterocycles. The van der Waals surface area contributed by atoms with Crippen molar-refractivity contribution < 1.29 is 4.79 Å². The van der Waals surface area contributed by atoms with E-state index >= 15 is 0 Å². The molecule has 1 amide bonds. The Labute approximate surface area is 182 Å². The maximum atomic E-state index is 12.7. The second-order valence-electron chi connectivity index (χ2n) is 7.52. The molecule has 0 aliphatic carbocycles. The van der Waals surface area contributed by atoms with Crippen LogP contribution in [-0.4, -0.2) is 20.4 Å². The number of anilines is 1. The Morgan fingerprint density at radius 1 is 1.03 bits per heavy atom. The van der Waals surface area contributed by atoms with E-state index in [1.165, 1.54) is 11.3 Å². The van der Waals surface area contributed by atoms with Crippen molar-refractivity contribution in [2.45, 2.75) is 26.3 Å². The average Bonchev–Trinajstić information content (AvgIpc) is 3.19. The summed E-state index contributed by atoms with van der Waals surface area (Å²) in [6.45, 7) is 2.38. The highest BCUT2D eigenvalue weighted by atomic mass is 32.1. The zero-order valence-corrected chi connectivity index (χ0v) is 17.8. The SMILES string of the molecule is Cc1cccc2c(=O)n(CCCC(=O)Nc3nc4c(ccc5ccccc54)s3)cnc12. The number of para-hydroxylation sites is 1. The number of hydrogen-bond acceptors (Lipinski definition) is 5. The molecule has 0 aliphatic rings. The number of aromatic nitrogens is 3. The number of carbonyl (C=O) groups is 1. The topological polar surface area (TPSA) is 76.9 Å². The first kappa shape index (κ1) is 19.4. The van der Waals surface area contributed by atoms with Crippen LogP contribution >= 0.6 is 11.3 Å². The van der Waals surface area contributed by atoms with Crippen molar-refractivity contribution in [3.63, 3.8) is 0 Å². The molecule has 6 nitrogen and oxygen atoms in total. The molecule has 0 fully saturated rings. The molecule has 154 valence electrons. The molecule has 7 heteroatoms. The van der Waals surface area contributed by atoms with Crippen molar-refractivity contribution in [1.29, 1.82) is 0 Å². The highest BCUT2D eigenvalue weighted by molar-refractivity contribution is 7.22. The monoisotopic (exact) mass is 428 g/mol. The van der Waals surface area contributed by atoms with Gasteiger partial charge in [-0.25, -0.2) is 9.97 Å². The van der Waals surface area contributed by atoms with E-state index in [0.29, 0.717) is 29.9 Å². The van der Waals surface area contributed by atoms with Gasteiger partial charge in [0.15, 0.2) is 5.13 Å². The number of hydrogen-bond donors (Lipinski definition) is 1. The van der Waals surface area contributed by atoms with E-state index in [9.17, 15) is 9.59 Å². The number of rotatable bonds is 5. The third-order valence-electron chi connectivity index (χ3n) is 5.39. The molecule has 0 radical (unpaired) electrons. The second-order valence-corrected chi connectivity index (χ2v) is 8.55. The Bertz CT molecular complexity index is 1500. The minimum atomic E-state index is -0.110. The van der Waals surface area contributed by atoms with Gasteiger partial charge in [-0.15, -0.1) is 0 Å². The molecule has 0 spiro atoms. The van der Waals surface area contributed by atoms with Crippen molar-refractivity contribution in [3.8, 4) is 0 Å². The highest BCUT2D eigenvalue weighted by Gasteiger charge is 2.11. The average molecular weight is 429 g/mol. The van der Waals surface area contributed by atoms with Crippen LogP contribution < -0.4 is 10.9 Å². The summed E-state index contributed by atoms with van der Waals surface area (Å²) in [5.41, 5.74) is 2.53. The summed E-state index contributed by atoms with van der Waals surface area (Å²) in [6.07, 6.45) is 2.40.